The van der Waals surface area contributed by atoms with E-state index in [0.717, 1.165) is 30.7 Å². The van der Waals surface area contributed by atoms with E-state index in [0.29, 0.717) is 16.7 Å². The molecule has 3 aromatic rings. The van der Waals surface area contributed by atoms with Gasteiger partial charge in [-0.2, -0.15) is 16.8 Å². The van der Waals surface area contributed by atoms with Crippen molar-refractivity contribution in [3.63, 3.8) is 0 Å². The zero-order valence-electron chi connectivity index (χ0n) is 29.4. The molecule has 3 aromatic carbocycles. The first-order valence-electron chi connectivity index (χ1n) is 16.3. The highest BCUT2D eigenvalue weighted by molar-refractivity contribution is 7.86. The Morgan fingerprint density at radius 1 is 0.750 bits per heavy atom. The Labute approximate surface area is 304 Å². The third kappa shape index (κ3) is 9.63. The van der Waals surface area contributed by atoms with E-state index in [1.807, 2.05) is 91.0 Å². The highest BCUT2D eigenvalue weighted by Crippen LogP contribution is 2.42. The van der Waals surface area contributed by atoms with Gasteiger partial charge in [0.25, 0.3) is 20.2 Å². The van der Waals surface area contributed by atoms with Gasteiger partial charge >= 0.3 is 11.9 Å². The van der Waals surface area contributed by atoms with Crippen molar-refractivity contribution in [2.45, 2.75) is 50.0 Å². The van der Waals surface area contributed by atoms with Crippen molar-refractivity contribution < 1.29 is 58.8 Å². The second kappa shape index (κ2) is 17.6. The van der Waals surface area contributed by atoms with E-state index in [9.17, 15) is 31.5 Å². The summed E-state index contributed by atoms with van der Waals surface area (Å²) in [5.41, 5.74) is 0.0564. The van der Waals surface area contributed by atoms with Crippen molar-refractivity contribution in [1.29, 1.82) is 0 Å². The molecule has 1 aliphatic rings. The Kier molecular flexibility index (Phi) is 13.7. The summed E-state index contributed by atoms with van der Waals surface area (Å²) < 4.78 is 83.7. The zero-order valence-corrected chi connectivity index (χ0v) is 31.0. The number of carbonyl (C=O) groups excluding carboxylic acids is 2. The van der Waals surface area contributed by atoms with Gasteiger partial charge < -0.3 is 29.0 Å². The number of nitrogens with zero attached hydrogens (tertiary/aromatic N) is 1. The van der Waals surface area contributed by atoms with Crippen LogP contribution in [-0.2, 0) is 62.7 Å². The molecule has 0 radical (unpaired) electrons. The molecule has 1 fully saturated rings. The summed E-state index contributed by atoms with van der Waals surface area (Å²) in [6.45, 7) is 2.24. The number of ether oxygens (including phenoxy) is 4. The molecule has 0 aromatic heterocycles. The number of likely N-dealkylation sites (tertiary alicyclic amines) is 1. The maximum atomic E-state index is 13.1. The Balaban J connectivity index is 1.93. The molecular formula is C36H43NO13S2. The van der Waals surface area contributed by atoms with Gasteiger partial charge in [-0.3, -0.25) is 8.37 Å². The van der Waals surface area contributed by atoms with Gasteiger partial charge in [-0.15, -0.1) is 0 Å². The largest absolute Gasteiger partial charge is 0.462 e. The van der Waals surface area contributed by atoms with E-state index < -0.39 is 80.5 Å². The first-order valence-corrected chi connectivity index (χ1v) is 19.9. The minimum Gasteiger partial charge on any atom is -0.462 e. The number of hydrogen-bond acceptors (Lipinski definition) is 14. The fraction of sp³-hybridized carbons (Fsp3) is 0.389. The van der Waals surface area contributed by atoms with Gasteiger partial charge in [0.15, 0.2) is 17.9 Å². The second-order valence-corrected chi connectivity index (χ2v) is 14.9. The van der Waals surface area contributed by atoms with Crippen LogP contribution in [0.2, 0.25) is 0 Å². The predicted molar refractivity (Wildman–Crippen MR) is 188 cm³/mol. The first kappa shape index (κ1) is 40.6. The van der Waals surface area contributed by atoms with E-state index in [4.69, 9.17) is 27.3 Å². The molecule has 4 rings (SSSR count). The minimum atomic E-state index is -4.38. The molecule has 0 amide bonds. The van der Waals surface area contributed by atoms with Crippen molar-refractivity contribution in [2.75, 3.05) is 39.4 Å². The molecule has 1 N–H and O–H groups in total. The van der Waals surface area contributed by atoms with Gasteiger partial charge in [0.1, 0.15) is 17.8 Å². The average Bonchev–Trinajstić information content (AvgIpc) is 3.37. The number of rotatable bonds is 17. The summed E-state index contributed by atoms with van der Waals surface area (Å²) in [6, 6.07) is 26.0. The van der Waals surface area contributed by atoms with Crippen molar-refractivity contribution >= 4 is 32.2 Å². The molecule has 52 heavy (non-hydrogen) atoms. The molecule has 1 aliphatic heterocycles. The van der Waals surface area contributed by atoms with Crippen LogP contribution in [0.5, 0.6) is 0 Å². The van der Waals surface area contributed by atoms with Crippen molar-refractivity contribution in [3.05, 3.63) is 119 Å². The summed E-state index contributed by atoms with van der Waals surface area (Å²) in [6.07, 6.45) is -4.43. The molecule has 14 nitrogen and oxygen atoms in total. The van der Waals surface area contributed by atoms with Crippen molar-refractivity contribution in [1.82, 2.24) is 4.90 Å². The van der Waals surface area contributed by atoms with Crippen LogP contribution in [0.15, 0.2) is 103 Å². The van der Waals surface area contributed by atoms with Crippen LogP contribution in [0.3, 0.4) is 0 Å². The number of benzene rings is 3. The third-order valence-corrected chi connectivity index (χ3v) is 9.21. The lowest BCUT2D eigenvalue weighted by molar-refractivity contribution is -0.147. The van der Waals surface area contributed by atoms with Gasteiger partial charge in [0.2, 0.25) is 0 Å². The number of aliphatic hydroxyl groups is 1. The van der Waals surface area contributed by atoms with Gasteiger partial charge in [-0.05, 0) is 30.5 Å². The number of methoxy groups -OCH3 is 1. The van der Waals surface area contributed by atoms with Crippen molar-refractivity contribution in [2.24, 2.45) is 0 Å². The third-order valence-electron chi connectivity index (χ3n) is 8.07. The van der Waals surface area contributed by atoms with Crippen LogP contribution < -0.4 is 0 Å². The van der Waals surface area contributed by atoms with Crippen LogP contribution >= 0.6 is 0 Å². The molecule has 5 atom stereocenters. The molecule has 282 valence electrons. The fourth-order valence-electron chi connectivity index (χ4n) is 6.15. The molecular weight excluding hydrogens is 719 g/mol. The average molecular weight is 762 g/mol. The maximum absolute atomic E-state index is 13.1. The molecule has 0 spiro atoms. The number of carbonyl (C=O) groups is 2. The molecule has 0 saturated carbocycles. The van der Waals surface area contributed by atoms with Gasteiger partial charge in [-0.1, -0.05) is 91.0 Å². The van der Waals surface area contributed by atoms with E-state index in [2.05, 4.69) is 0 Å². The summed E-state index contributed by atoms with van der Waals surface area (Å²) >= 11 is 0. The molecule has 0 unspecified atom stereocenters. The van der Waals surface area contributed by atoms with Crippen LogP contribution in [0.25, 0.3) is 0 Å². The van der Waals surface area contributed by atoms with E-state index in [1.54, 1.807) is 0 Å². The summed E-state index contributed by atoms with van der Waals surface area (Å²) in [4.78, 5) is 27.2. The predicted octanol–water partition coefficient (Wildman–Crippen LogP) is 2.71. The number of hydrogen-bond donors (Lipinski definition) is 1. The standard InChI is InChI=1S/C36H43NO13S2/c1-6-46-34(39)28(35(40)47-7-2)23-37-30(31(49-51(4,41)42)32(33(37)45-3)50-52(5,43)44)29(38)24-48-36(25-17-11-8-12-18-25,26-19-13-9-14-20-26)27-21-15-10-16-22-27/h8-23,29-33,38H,6-7,24H2,1-5H3/t29-,30+,31+,32-,33+/m1/s1. The van der Waals surface area contributed by atoms with Crippen LogP contribution in [0.4, 0.5) is 0 Å². The quantitative estimate of drug-likeness (QED) is 0.0530. The van der Waals surface area contributed by atoms with Gasteiger partial charge in [0, 0.05) is 13.3 Å². The monoisotopic (exact) mass is 761 g/mol. The molecule has 0 aliphatic carbocycles. The summed E-state index contributed by atoms with van der Waals surface area (Å²) in [7, 11) is -7.55. The Morgan fingerprint density at radius 2 is 1.15 bits per heavy atom. The van der Waals surface area contributed by atoms with E-state index >= 15 is 0 Å². The molecule has 1 heterocycles. The number of aliphatic hydroxyl groups excluding tert-OH is 1. The number of esters is 2. The summed E-state index contributed by atoms with van der Waals surface area (Å²) in [5.74, 6) is -2.21. The topological polar surface area (TPSA) is 181 Å². The molecule has 1 saturated heterocycles. The highest BCUT2D eigenvalue weighted by atomic mass is 32.2. The molecule has 0 bridgehead atoms. The van der Waals surface area contributed by atoms with E-state index in [-0.39, 0.29) is 13.2 Å². The van der Waals surface area contributed by atoms with Crippen LogP contribution in [-0.4, -0.2) is 109 Å². The Bertz CT molecular complexity index is 1770. The SMILES string of the molecule is CCOC(=O)C(=CN1[C@@H]([C@H](O)COC(c2ccccc2)(c2ccccc2)c2ccccc2)[C@H](OS(C)(=O)=O)[C@@H](OS(C)(=O)=O)[C@@H]1OC)C(=O)OCC. The fourth-order valence-corrected chi connectivity index (χ4v) is 7.38. The van der Waals surface area contributed by atoms with Crippen LogP contribution in [0, 0.1) is 0 Å². The van der Waals surface area contributed by atoms with Gasteiger partial charge in [0.05, 0.1) is 38.4 Å². The lowest BCUT2D eigenvalue weighted by Gasteiger charge is -2.38. The lowest BCUT2D eigenvalue weighted by Crippen LogP contribution is -2.49. The van der Waals surface area contributed by atoms with E-state index in [1.165, 1.54) is 13.8 Å². The summed E-state index contributed by atoms with van der Waals surface area (Å²) in [5, 5.41) is 12.2. The second-order valence-electron chi connectivity index (χ2n) is 11.7. The first-order chi connectivity index (χ1) is 24.7. The van der Waals surface area contributed by atoms with Gasteiger partial charge in [-0.25, -0.2) is 9.59 Å². The van der Waals surface area contributed by atoms with Crippen LogP contribution in [0.1, 0.15) is 30.5 Å². The molecule has 16 heteroatoms. The minimum absolute atomic E-state index is 0.122. The lowest BCUT2D eigenvalue weighted by atomic mass is 9.80. The normalized spacial score (nSPS) is 19.8. The zero-order chi connectivity index (χ0) is 38.1. The highest BCUT2D eigenvalue weighted by Gasteiger charge is 2.56. The Hall–Kier alpha value is -4.16. The smallest absolute Gasteiger partial charge is 0.347 e. The maximum Gasteiger partial charge on any atom is 0.347 e. The Morgan fingerprint density at radius 3 is 1.52 bits per heavy atom. The van der Waals surface area contributed by atoms with Crippen molar-refractivity contribution in [3.8, 4) is 0 Å².